The normalized spacial score (nSPS) is 24.1. The summed E-state index contributed by atoms with van der Waals surface area (Å²) >= 11 is 3.35. The Balaban J connectivity index is 2.74. The maximum atomic E-state index is 4.04. The molecule has 0 bridgehead atoms. The van der Waals surface area contributed by atoms with Crippen LogP contribution in [0.5, 0.6) is 0 Å². The molecule has 0 fully saturated rings. The number of aromatic nitrogens is 3. The van der Waals surface area contributed by atoms with E-state index in [2.05, 4.69) is 26.2 Å². The predicted molar refractivity (Wildman–Crippen MR) is 55.4 cm³/mol. The second kappa shape index (κ2) is 3.70. The minimum atomic E-state index is 0.664. The Labute approximate surface area is 83.9 Å². The van der Waals surface area contributed by atoms with Crippen LogP contribution in [0, 0.1) is 0 Å². The van der Waals surface area contributed by atoms with E-state index >= 15 is 0 Å². The van der Waals surface area contributed by atoms with Crippen LogP contribution in [0.2, 0.25) is 0 Å². The summed E-state index contributed by atoms with van der Waals surface area (Å²) in [5.74, 6) is 0. The van der Waals surface area contributed by atoms with Crippen LogP contribution in [0.1, 0.15) is 0 Å². The highest BCUT2D eigenvalue weighted by atomic mass is 79.9. The smallest absolute Gasteiger partial charge is 0.113 e. The van der Waals surface area contributed by atoms with E-state index in [0.717, 1.165) is 10.7 Å². The van der Waals surface area contributed by atoms with Crippen molar-refractivity contribution < 1.29 is 0 Å². The van der Waals surface area contributed by atoms with Gasteiger partial charge in [-0.2, -0.15) is 0 Å². The first kappa shape index (κ1) is 8.44. The average molecular weight is 238 g/mol. The van der Waals surface area contributed by atoms with Gasteiger partial charge < -0.3 is 0 Å². The van der Waals surface area contributed by atoms with Crippen molar-refractivity contribution in [3.05, 3.63) is 35.0 Å². The van der Waals surface area contributed by atoms with Crippen LogP contribution in [0.4, 0.5) is 0 Å². The molecule has 1 aromatic rings. The zero-order valence-electron chi connectivity index (χ0n) is 6.89. The van der Waals surface area contributed by atoms with Crippen LogP contribution in [-0.2, 0) is 5.45 Å². The molecule has 0 radical (unpaired) electrons. The van der Waals surface area contributed by atoms with Crippen molar-refractivity contribution in [1.29, 1.82) is 0 Å². The van der Waals surface area contributed by atoms with Gasteiger partial charge in [0, 0.05) is 0 Å². The van der Waals surface area contributed by atoms with Gasteiger partial charge in [-0.05, 0) is 12.2 Å². The molecular weight excluding hydrogens is 230 g/mol. The number of hydrogen-bond donors (Lipinski definition) is 0. The Kier molecular flexibility index (Phi) is 2.40. The third kappa shape index (κ3) is 1.62. The fourth-order valence-corrected chi connectivity index (χ4v) is 1.50. The molecule has 3 nitrogen and oxygen atoms in total. The van der Waals surface area contributed by atoms with Crippen LogP contribution in [0.3, 0.4) is 0 Å². The van der Waals surface area contributed by atoms with E-state index in [4.69, 9.17) is 0 Å². The highest BCUT2D eigenvalue weighted by Gasteiger charge is 1.95. The maximum Gasteiger partial charge on any atom is 0.113 e. The molecule has 0 spiro atoms. The molecule has 0 saturated carbocycles. The summed E-state index contributed by atoms with van der Waals surface area (Å²) in [6.07, 6.45) is 11.8. The van der Waals surface area contributed by atoms with Gasteiger partial charge in [-0.3, -0.25) is 0 Å². The lowest BCUT2D eigenvalue weighted by atomic mass is 10.3. The fourth-order valence-electron chi connectivity index (χ4n) is 1.13. The topological polar surface area (TPSA) is 30.7 Å². The Morgan fingerprint density at radius 1 is 1.15 bits per heavy atom. The lowest BCUT2D eigenvalue weighted by molar-refractivity contribution is 0.691. The fraction of sp³-hybridized carbons (Fsp3) is 0.111. The first-order chi connectivity index (χ1) is 6.42. The van der Waals surface area contributed by atoms with Crippen LogP contribution in [0.25, 0.3) is 12.2 Å². The predicted octanol–water partition coefficient (Wildman–Crippen LogP) is 0.318. The Hall–Kier alpha value is -1.16. The first-order valence-electron chi connectivity index (χ1n) is 3.92. The number of hydrogen-bond acceptors (Lipinski definition) is 2. The van der Waals surface area contributed by atoms with E-state index in [1.54, 1.807) is 4.68 Å². The zero-order valence-corrected chi connectivity index (χ0v) is 8.48. The Bertz CT molecular complexity index is 468. The quantitative estimate of drug-likeness (QED) is 0.659. The third-order valence-electron chi connectivity index (χ3n) is 1.76. The van der Waals surface area contributed by atoms with Crippen LogP contribution in [0.15, 0.2) is 24.3 Å². The molecule has 1 aliphatic rings. The van der Waals surface area contributed by atoms with Crippen molar-refractivity contribution in [2.24, 2.45) is 0 Å². The Morgan fingerprint density at radius 2 is 1.92 bits per heavy atom. The van der Waals surface area contributed by atoms with Crippen molar-refractivity contribution in [1.82, 2.24) is 15.0 Å². The van der Waals surface area contributed by atoms with Crippen molar-refractivity contribution in [3.8, 4) is 0 Å². The van der Waals surface area contributed by atoms with E-state index in [1.165, 1.54) is 0 Å². The average Bonchev–Trinajstić information content (AvgIpc) is 2.46. The molecule has 1 aromatic heterocycles. The molecule has 0 atom stereocenters. The molecule has 2 rings (SSSR count). The first-order valence-corrected chi connectivity index (χ1v) is 5.05. The van der Waals surface area contributed by atoms with Crippen LogP contribution < -0.4 is 10.7 Å². The summed E-state index contributed by atoms with van der Waals surface area (Å²) in [6, 6.07) is 0. The van der Waals surface area contributed by atoms with Gasteiger partial charge in [0.25, 0.3) is 0 Å². The number of fused-ring (bicyclic) bond motifs is 1. The highest BCUT2D eigenvalue weighted by molar-refractivity contribution is 9.08. The van der Waals surface area contributed by atoms with E-state index in [0.29, 0.717) is 5.45 Å². The molecule has 1 heterocycles. The second-order valence-electron chi connectivity index (χ2n) is 2.58. The summed E-state index contributed by atoms with van der Waals surface area (Å²) in [5, 5.41) is 9.96. The van der Waals surface area contributed by atoms with E-state index < -0.39 is 0 Å². The SMILES string of the molecule is BrCn1nnc2/c1=C\C=C/C=C\C=2. The van der Waals surface area contributed by atoms with Gasteiger partial charge in [-0.1, -0.05) is 45.4 Å². The lowest BCUT2D eigenvalue weighted by Gasteiger charge is -1.90. The largest absolute Gasteiger partial charge is 0.234 e. The maximum absolute atomic E-state index is 4.04. The zero-order chi connectivity index (χ0) is 9.10. The summed E-state index contributed by atoms with van der Waals surface area (Å²) in [7, 11) is 0. The van der Waals surface area contributed by atoms with Gasteiger partial charge in [0.15, 0.2) is 0 Å². The summed E-state index contributed by atoms with van der Waals surface area (Å²) in [5.41, 5.74) is 0.664. The molecular formula is C9H8BrN3. The van der Waals surface area contributed by atoms with Crippen LogP contribution in [-0.4, -0.2) is 15.0 Å². The summed E-state index contributed by atoms with van der Waals surface area (Å²) in [4.78, 5) is 0. The van der Waals surface area contributed by atoms with E-state index in [9.17, 15) is 0 Å². The molecule has 0 amide bonds. The van der Waals surface area contributed by atoms with E-state index in [-0.39, 0.29) is 0 Å². The van der Waals surface area contributed by atoms with Crippen molar-refractivity contribution in [3.63, 3.8) is 0 Å². The molecule has 0 saturated heterocycles. The van der Waals surface area contributed by atoms with Gasteiger partial charge in [0.1, 0.15) is 5.35 Å². The molecule has 4 heteroatoms. The molecule has 1 aliphatic carbocycles. The van der Waals surface area contributed by atoms with E-state index in [1.807, 2.05) is 36.5 Å². The van der Waals surface area contributed by atoms with Gasteiger partial charge in [-0.25, -0.2) is 4.68 Å². The summed E-state index contributed by atoms with van der Waals surface area (Å²) < 4.78 is 1.80. The Morgan fingerprint density at radius 3 is 2.69 bits per heavy atom. The standard InChI is InChI=1S/C9H8BrN3/c10-7-13-9-6-4-2-1-3-5-8(9)11-12-13/h1-6H,7H2/b2-1?,3-1-,4-2-,5-3?,6-4?,8-5+,9-6+. The van der Waals surface area contributed by atoms with Gasteiger partial charge >= 0.3 is 0 Å². The van der Waals surface area contributed by atoms with Crippen molar-refractivity contribution in [2.45, 2.75) is 5.45 Å². The number of alkyl halides is 1. The summed E-state index contributed by atoms with van der Waals surface area (Å²) in [6.45, 7) is 0. The van der Waals surface area contributed by atoms with Gasteiger partial charge in [-0.15, -0.1) is 5.10 Å². The molecule has 0 aliphatic heterocycles. The lowest BCUT2D eigenvalue weighted by Crippen LogP contribution is -2.29. The molecule has 0 aromatic carbocycles. The van der Waals surface area contributed by atoms with Gasteiger partial charge in [0.2, 0.25) is 0 Å². The molecule has 66 valence electrons. The minimum Gasteiger partial charge on any atom is -0.234 e. The van der Waals surface area contributed by atoms with Gasteiger partial charge in [0.05, 0.1) is 10.8 Å². The molecule has 0 N–H and O–H groups in total. The number of halogens is 1. The molecule has 0 unspecified atom stereocenters. The monoisotopic (exact) mass is 237 g/mol. The molecule has 13 heavy (non-hydrogen) atoms. The second-order valence-corrected chi connectivity index (χ2v) is 3.08. The van der Waals surface area contributed by atoms with Crippen molar-refractivity contribution in [2.75, 3.05) is 0 Å². The highest BCUT2D eigenvalue weighted by Crippen LogP contribution is 1.85. The number of rotatable bonds is 1. The van der Waals surface area contributed by atoms with Crippen molar-refractivity contribution >= 4 is 28.1 Å². The third-order valence-corrected chi connectivity index (χ3v) is 2.23. The number of nitrogens with zero attached hydrogens (tertiary/aromatic N) is 3. The minimum absolute atomic E-state index is 0.664. The number of allylic oxidation sites excluding steroid dienone is 4. The van der Waals surface area contributed by atoms with Crippen LogP contribution >= 0.6 is 15.9 Å².